The Hall–Kier alpha value is -6.90. The lowest BCUT2D eigenvalue weighted by molar-refractivity contribution is 0.674. The van der Waals surface area contributed by atoms with Gasteiger partial charge in [-0.1, -0.05) is 164 Å². The number of fused-ring (bicyclic) bond motifs is 8. The first-order valence-electron chi connectivity index (χ1n) is 19.9. The van der Waals surface area contributed by atoms with Crippen molar-refractivity contribution in [2.45, 2.75) is 0 Å². The summed E-state index contributed by atoms with van der Waals surface area (Å²) >= 11 is 0. The van der Waals surface area contributed by atoms with Gasteiger partial charge in [0.1, 0.15) is 11.2 Å². The molecule has 0 unspecified atom stereocenters. The van der Waals surface area contributed by atoms with Crippen LogP contribution in [-0.2, 0) is 0 Å². The van der Waals surface area contributed by atoms with Crippen molar-refractivity contribution in [3.8, 4) is 33.4 Å². The smallest absolute Gasteiger partial charge is 0.143 e. The van der Waals surface area contributed by atoms with Crippen LogP contribution >= 0.6 is 0 Å². The molecule has 0 saturated carbocycles. The summed E-state index contributed by atoms with van der Waals surface area (Å²) in [6.07, 6.45) is 0. The molecule has 0 N–H and O–H groups in total. The van der Waals surface area contributed by atoms with Gasteiger partial charge in [0.05, 0.1) is 6.85 Å². The van der Waals surface area contributed by atoms with Crippen molar-refractivity contribution in [3.05, 3.63) is 200 Å². The van der Waals surface area contributed by atoms with Crippen molar-refractivity contribution >= 4 is 60.5 Å². The number of benzene rings is 9. The highest BCUT2D eigenvalue weighted by Crippen LogP contribution is 2.47. The Bertz CT molecular complexity index is 3050. The van der Waals surface area contributed by atoms with Crippen LogP contribution in [0.4, 0.5) is 17.1 Å². The van der Waals surface area contributed by atoms with Crippen molar-refractivity contribution in [1.82, 2.24) is 0 Å². The minimum absolute atomic E-state index is 0.0827. The van der Waals surface area contributed by atoms with Crippen LogP contribution in [-0.4, -0.2) is 0 Å². The van der Waals surface area contributed by atoms with E-state index in [1.54, 1.807) is 0 Å². The van der Waals surface area contributed by atoms with Crippen LogP contribution in [0.15, 0.2) is 204 Å². The molecule has 0 aliphatic heterocycles. The van der Waals surface area contributed by atoms with Crippen molar-refractivity contribution in [1.29, 1.82) is 0 Å². The van der Waals surface area contributed by atoms with Crippen LogP contribution in [0.25, 0.3) is 76.9 Å². The maximum absolute atomic E-state index is 9.13. The Morgan fingerprint density at radius 1 is 0.365 bits per heavy atom. The van der Waals surface area contributed by atoms with E-state index in [4.69, 9.17) is 11.3 Å². The molecule has 0 saturated heterocycles. The molecule has 9 aromatic carbocycles. The number of hydrogen-bond acceptors (Lipinski definition) is 2. The molecule has 1 heterocycles. The highest BCUT2D eigenvalue weighted by Gasteiger charge is 2.22. The van der Waals surface area contributed by atoms with Crippen LogP contribution in [0.3, 0.4) is 0 Å². The molecule has 0 amide bonds. The Labute approximate surface area is 309 Å². The van der Waals surface area contributed by atoms with Crippen molar-refractivity contribution in [3.63, 3.8) is 0 Å². The predicted molar refractivity (Wildman–Crippen MR) is 220 cm³/mol. The van der Waals surface area contributed by atoms with E-state index in [0.717, 1.165) is 71.6 Å². The van der Waals surface area contributed by atoms with Gasteiger partial charge in [-0.15, -0.1) is 0 Å². The lowest BCUT2D eigenvalue weighted by Gasteiger charge is -2.27. The number of hydrogen-bond donors (Lipinski definition) is 0. The van der Waals surface area contributed by atoms with E-state index in [1.165, 1.54) is 0 Å². The normalized spacial score (nSPS) is 12.8. The average Bonchev–Trinajstić information content (AvgIpc) is 3.67. The molecule has 2 nitrogen and oxygen atoms in total. The van der Waals surface area contributed by atoms with Crippen LogP contribution in [0.5, 0.6) is 0 Å². The van der Waals surface area contributed by atoms with Gasteiger partial charge in [0.15, 0.2) is 0 Å². The summed E-state index contributed by atoms with van der Waals surface area (Å²) in [5, 5.41) is 5.72. The predicted octanol–water partition coefficient (Wildman–Crippen LogP) is 14.4. The maximum atomic E-state index is 9.13. The number of furan rings is 1. The number of rotatable bonds is 6. The molecule has 1 aromatic heterocycles. The fraction of sp³-hybridized carbons (Fsp3) is 0. The van der Waals surface area contributed by atoms with E-state index in [9.17, 15) is 0 Å². The second-order valence-corrected chi connectivity index (χ2v) is 12.9. The highest BCUT2D eigenvalue weighted by molar-refractivity contribution is 6.31. The molecule has 0 radical (unpaired) electrons. The van der Waals surface area contributed by atoms with Gasteiger partial charge in [0.2, 0.25) is 0 Å². The quantitative estimate of drug-likeness (QED) is 0.164. The summed E-state index contributed by atoms with van der Waals surface area (Å²) in [5.41, 5.74) is 8.51. The summed E-state index contributed by atoms with van der Waals surface area (Å²) in [6.45, 7) is 0. The monoisotopic (exact) mass is 668 g/mol. The summed E-state index contributed by atoms with van der Waals surface area (Å²) in [4.78, 5) is 2.16. The van der Waals surface area contributed by atoms with Gasteiger partial charge < -0.3 is 9.32 Å². The van der Waals surface area contributed by atoms with E-state index in [1.807, 2.05) is 72.8 Å². The van der Waals surface area contributed by atoms with Gasteiger partial charge in [-0.25, -0.2) is 0 Å². The molecule has 0 aliphatic carbocycles. The third kappa shape index (κ3) is 5.04. The highest BCUT2D eigenvalue weighted by atomic mass is 16.3. The fourth-order valence-electron chi connectivity index (χ4n) is 7.51. The topological polar surface area (TPSA) is 16.4 Å². The average molecular weight is 669 g/mol. The van der Waals surface area contributed by atoms with Gasteiger partial charge in [0, 0.05) is 38.8 Å². The molecule has 0 bridgehead atoms. The van der Waals surface area contributed by atoms with Crippen LogP contribution in [0, 0.1) is 0 Å². The Kier molecular flexibility index (Phi) is 6.01. The molecule has 244 valence electrons. The lowest BCUT2D eigenvalue weighted by Crippen LogP contribution is -2.10. The molecule has 0 spiro atoms. The van der Waals surface area contributed by atoms with Crippen molar-refractivity contribution in [2.24, 2.45) is 0 Å². The Morgan fingerprint density at radius 2 is 0.846 bits per heavy atom. The van der Waals surface area contributed by atoms with E-state index in [0.29, 0.717) is 16.7 Å². The molecule has 10 aromatic rings. The molecule has 0 atom stereocenters. The third-order valence-electron chi connectivity index (χ3n) is 9.93. The van der Waals surface area contributed by atoms with Crippen LogP contribution in [0.1, 0.15) is 6.85 Å². The molecular formula is C50H33NO. The zero-order chi connectivity index (χ0) is 38.8. The molecule has 0 aliphatic rings. The van der Waals surface area contributed by atoms with E-state index < -0.39 is 18.1 Å². The molecule has 52 heavy (non-hydrogen) atoms. The maximum Gasteiger partial charge on any atom is 0.143 e. The van der Waals surface area contributed by atoms with Crippen molar-refractivity contribution < 1.29 is 11.3 Å². The SMILES string of the molecule is [2H]c1c([2H])c([2H])c(-c2cc(N(c3ccc(-c4ccccc4)cc3)c3ccc(-c4ccccc4)cc3)cc3c2oc2c4ccccc4c4ccccc4c32)c([2H])c1[2H]. The minimum Gasteiger partial charge on any atom is -0.455 e. The Morgan fingerprint density at radius 3 is 1.42 bits per heavy atom. The first-order chi connectivity index (χ1) is 27.9. The molecule has 10 rings (SSSR count). The number of anilines is 3. The molecule has 2 heteroatoms. The zero-order valence-corrected chi connectivity index (χ0v) is 28.0. The second kappa shape index (κ2) is 12.5. The first-order valence-corrected chi connectivity index (χ1v) is 17.4. The summed E-state index contributed by atoms with van der Waals surface area (Å²) in [5.74, 6) is 0. The molecular weight excluding hydrogens is 631 g/mol. The lowest BCUT2D eigenvalue weighted by atomic mass is 9.95. The van der Waals surface area contributed by atoms with E-state index >= 15 is 0 Å². The van der Waals surface area contributed by atoms with Gasteiger partial charge >= 0.3 is 0 Å². The summed E-state index contributed by atoms with van der Waals surface area (Å²) in [7, 11) is 0. The zero-order valence-electron chi connectivity index (χ0n) is 33.0. The van der Waals surface area contributed by atoms with Gasteiger partial charge in [0.25, 0.3) is 0 Å². The van der Waals surface area contributed by atoms with E-state index in [-0.39, 0.29) is 17.6 Å². The fourth-order valence-corrected chi connectivity index (χ4v) is 7.51. The first kappa shape index (κ1) is 25.1. The second-order valence-electron chi connectivity index (χ2n) is 12.9. The number of nitrogens with zero attached hydrogens (tertiary/aromatic N) is 1. The Balaban J connectivity index is 1.30. The van der Waals surface area contributed by atoms with Gasteiger partial charge in [-0.2, -0.15) is 0 Å². The van der Waals surface area contributed by atoms with Crippen LogP contribution in [0.2, 0.25) is 0 Å². The standard InChI is InChI=1S/C50H33NO/c1-4-14-34(15-5-1)36-24-28-39(29-25-36)51(40-30-26-37(27-31-40)35-16-6-2-7-17-35)41-32-46(38-18-8-3-9-19-38)49-47(33-41)48-44-22-12-10-20-42(44)43-21-11-13-23-45(43)50(48)52-49/h1-33H/i3D,8D,9D,18D,19D. The largest absolute Gasteiger partial charge is 0.455 e. The third-order valence-corrected chi connectivity index (χ3v) is 9.93. The van der Waals surface area contributed by atoms with Gasteiger partial charge in [-0.3, -0.25) is 0 Å². The summed E-state index contributed by atoms with van der Waals surface area (Å²) in [6, 6.07) is 55.9. The van der Waals surface area contributed by atoms with Gasteiger partial charge in [-0.05, 0) is 80.4 Å². The van der Waals surface area contributed by atoms with Crippen molar-refractivity contribution in [2.75, 3.05) is 4.90 Å². The van der Waals surface area contributed by atoms with Crippen LogP contribution < -0.4 is 4.90 Å². The molecule has 0 fully saturated rings. The summed E-state index contributed by atoms with van der Waals surface area (Å²) < 4.78 is 50.9. The van der Waals surface area contributed by atoms with E-state index in [2.05, 4.69) is 102 Å². The minimum atomic E-state index is -0.443.